The third kappa shape index (κ3) is 3.65. The van der Waals surface area contributed by atoms with E-state index in [2.05, 4.69) is 0 Å². The number of amides is 3. The highest BCUT2D eigenvalue weighted by molar-refractivity contribution is 6.11. The molecule has 1 aromatic carbocycles. The third-order valence-corrected chi connectivity index (χ3v) is 6.82. The van der Waals surface area contributed by atoms with E-state index in [-0.39, 0.29) is 36.6 Å². The van der Waals surface area contributed by atoms with Gasteiger partial charge >= 0.3 is 0 Å². The van der Waals surface area contributed by atoms with Crippen LogP contribution in [0, 0.1) is 0 Å². The van der Waals surface area contributed by atoms with Crippen LogP contribution in [0.2, 0.25) is 0 Å². The van der Waals surface area contributed by atoms with E-state index in [1.165, 1.54) is 4.90 Å². The van der Waals surface area contributed by atoms with Gasteiger partial charge in [0.2, 0.25) is 17.7 Å². The lowest BCUT2D eigenvalue weighted by Gasteiger charge is -2.33. The van der Waals surface area contributed by atoms with Crippen molar-refractivity contribution in [2.75, 3.05) is 20.2 Å². The lowest BCUT2D eigenvalue weighted by molar-refractivity contribution is -0.145. The van der Waals surface area contributed by atoms with E-state index in [1.54, 1.807) is 7.11 Å². The van der Waals surface area contributed by atoms with Crippen molar-refractivity contribution in [3.8, 4) is 5.75 Å². The smallest absolute Gasteiger partial charge is 0.241 e. The van der Waals surface area contributed by atoms with Gasteiger partial charge < -0.3 is 9.64 Å². The van der Waals surface area contributed by atoms with Crippen LogP contribution >= 0.6 is 0 Å². The van der Waals surface area contributed by atoms with Gasteiger partial charge in [-0.15, -0.1) is 0 Å². The first kappa shape index (κ1) is 19.9. The first-order valence-corrected chi connectivity index (χ1v) is 10.8. The maximum atomic E-state index is 13.7. The molecule has 29 heavy (non-hydrogen) atoms. The third-order valence-electron chi connectivity index (χ3n) is 6.82. The predicted octanol–water partition coefficient (Wildman–Crippen LogP) is 3.04. The molecule has 0 radical (unpaired) electrons. The summed E-state index contributed by atoms with van der Waals surface area (Å²) in [6, 6.07) is 7.30. The molecule has 6 nitrogen and oxygen atoms in total. The summed E-state index contributed by atoms with van der Waals surface area (Å²) < 4.78 is 5.36. The highest BCUT2D eigenvalue weighted by Gasteiger charge is 2.56. The summed E-state index contributed by atoms with van der Waals surface area (Å²) in [5, 5.41) is 0. The molecule has 0 N–H and O–H groups in total. The molecule has 1 saturated carbocycles. The Bertz CT molecular complexity index is 796. The summed E-state index contributed by atoms with van der Waals surface area (Å²) in [4.78, 5) is 43.3. The lowest BCUT2D eigenvalue weighted by atomic mass is 9.75. The zero-order chi connectivity index (χ0) is 20.4. The van der Waals surface area contributed by atoms with Gasteiger partial charge in [-0.25, -0.2) is 0 Å². The minimum Gasteiger partial charge on any atom is -0.497 e. The summed E-state index contributed by atoms with van der Waals surface area (Å²) in [5.41, 5.74) is -0.413. The maximum Gasteiger partial charge on any atom is 0.241 e. The van der Waals surface area contributed by atoms with Crippen molar-refractivity contribution in [1.29, 1.82) is 0 Å². The summed E-state index contributed by atoms with van der Waals surface area (Å²) in [6.45, 7) is 1.48. The molecule has 0 bridgehead atoms. The summed E-state index contributed by atoms with van der Waals surface area (Å²) in [6.07, 6.45) is 7.07. The largest absolute Gasteiger partial charge is 0.497 e. The Balaban J connectivity index is 1.70. The molecule has 1 aromatic rings. The molecule has 3 fully saturated rings. The number of nitrogens with zero attached hydrogens (tertiary/aromatic N) is 2. The summed E-state index contributed by atoms with van der Waals surface area (Å²) in [5.74, 6) is 0.262. The van der Waals surface area contributed by atoms with Crippen molar-refractivity contribution in [1.82, 2.24) is 9.80 Å². The molecule has 1 atom stereocenters. The summed E-state index contributed by atoms with van der Waals surface area (Å²) in [7, 11) is 1.58. The second-order valence-corrected chi connectivity index (χ2v) is 8.62. The maximum absolute atomic E-state index is 13.7. The van der Waals surface area contributed by atoms with Gasteiger partial charge in [-0.3, -0.25) is 19.3 Å². The number of piperidine rings is 1. The first-order valence-electron chi connectivity index (χ1n) is 10.8. The van der Waals surface area contributed by atoms with E-state index >= 15 is 0 Å². The van der Waals surface area contributed by atoms with Crippen LogP contribution in [-0.2, 0) is 19.8 Å². The number of benzene rings is 1. The number of carbonyl (C=O) groups is 3. The Kier molecular flexibility index (Phi) is 5.61. The van der Waals surface area contributed by atoms with Crippen molar-refractivity contribution in [3.63, 3.8) is 0 Å². The molecule has 1 aliphatic carbocycles. The number of hydrogen-bond acceptors (Lipinski definition) is 4. The molecule has 0 aromatic heterocycles. The molecule has 2 saturated heterocycles. The Labute approximate surface area is 172 Å². The molecular weight excluding hydrogens is 368 g/mol. The minimum absolute atomic E-state index is 0.0208. The van der Waals surface area contributed by atoms with E-state index in [4.69, 9.17) is 4.74 Å². The van der Waals surface area contributed by atoms with E-state index in [9.17, 15) is 14.4 Å². The average molecular weight is 399 g/mol. The van der Waals surface area contributed by atoms with Crippen molar-refractivity contribution >= 4 is 17.7 Å². The topological polar surface area (TPSA) is 66.9 Å². The van der Waals surface area contributed by atoms with E-state index in [0.717, 1.165) is 58.0 Å². The molecular formula is C23H30N2O4. The van der Waals surface area contributed by atoms with E-state index < -0.39 is 5.41 Å². The van der Waals surface area contributed by atoms with Gasteiger partial charge in [0, 0.05) is 32.0 Å². The van der Waals surface area contributed by atoms with Crippen molar-refractivity contribution in [2.45, 2.75) is 69.2 Å². The van der Waals surface area contributed by atoms with Crippen LogP contribution in [-0.4, -0.2) is 53.8 Å². The monoisotopic (exact) mass is 398 g/mol. The standard InChI is InChI=1S/C23H30N2O4/c1-29-19-11-7-8-17(14-19)23(15-20(26)24-12-5-2-6-13-24)16-21(27)25(22(23)28)18-9-3-4-10-18/h7-8,11,14,18H,2-6,9-10,12-13,15-16H2,1H3/t23-/m1/s1. The van der Waals surface area contributed by atoms with Gasteiger partial charge in [0.25, 0.3) is 0 Å². The summed E-state index contributed by atoms with van der Waals surface area (Å²) >= 11 is 0. The fourth-order valence-corrected chi connectivity index (χ4v) is 5.19. The fraction of sp³-hybridized carbons (Fsp3) is 0.609. The highest BCUT2D eigenvalue weighted by atomic mass is 16.5. The number of rotatable bonds is 5. The number of hydrogen-bond donors (Lipinski definition) is 0. The molecule has 3 amide bonds. The van der Waals surface area contributed by atoms with E-state index in [0.29, 0.717) is 11.3 Å². The quantitative estimate of drug-likeness (QED) is 0.715. The minimum atomic E-state index is -1.12. The SMILES string of the molecule is COc1cccc([C@@]2(CC(=O)N3CCCCC3)CC(=O)N(C3CCCC3)C2=O)c1. The Morgan fingerprint density at radius 2 is 1.83 bits per heavy atom. The zero-order valence-electron chi connectivity index (χ0n) is 17.2. The van der Waals surface area contributed by atoms with Crippen LogP contribution in [0.4, 0.5) is 0 Å². The molecule has 3 aliphatic rings. The van der Waals surface area contributed by atoms with Crippen LogP contribution in [0.1, 0.15) is 63.4 Å². The van der Waals surface area contributed by atoms with Crippen molar-refractivity contribution in [3.05, 3.63) is 29.8 Å². The van der Waals surface area contributed by atoms with Crippen molar-refractivity contribution < 1.29 is 19.1 Å². The predicted molar refractivity (Wildman–Crippen MR) is 108 cm³/mol. The number of methoxy groups -OCH3 is 1. The number of imide groups is 1. The molecule has 2 heterocycles. The lowest BCUT2D eigenvalue weighted by Crippen LogP contribution is -2.46. The second-order valence-electron chi connectivity index (χ2n) is 8.62. The van der Waals surface area contributed by atoms with Crippen LogP contribution in [0.15, 0.2) is 24.3 Å². The molecule has 2 aliphatic heterocycles. The molecule has 6 heteroatoms. The van der Waals surface area contributed by atoms with Gasteiger partial charge in [-0.05, 0) is 49.8 Å². The molecule has 0 unspecified atom stereocenters. The Hall–Kier alpha value is -2.37. The normalized spacial score (nSPS) is 25.7. The second kappa shape index (κ2) is 8.17. The van der Waals surface area contributed by atoms with Crippen LogP contribution in [0.3, 0.4) is 0 Å². The van der Waals surface area contributed by atoms with Gasteiger partial charge in [0.1, 0.15) is 5.75 Å². The first-order chi connectivity index (χ1) is 14.0. The van der Waals surface area contributed by atoms with Crippen LogP contribution < -0.4 is 4.74 Å². The van der Waals surface area contributed by atoms with E-state index in [1.807, 2.05) is 29.2 Å². The molecule has 4 rings (SSSR count). The van der Waals surface area contributed by atoms with Gasteiger partial charge in [0.05, 0.1) is 12.5 Å². The Morgan fingerprint density at radius 3 is 2.52 bits per heavy atom. The Morgan fingerprint density at radius 1 is 1.10 bits per heavy atom. The molecule has 0 spiro atoms. The number of carbonyl (C=O) groups excluding carboxylic acids is 3. The van der Waals surface area contributed by atoms with Crippen LogP contribution in [0.5, 0.6) is 5.75 Å². The van der Waals surface area contributed by atoms with Crippen molar-refractivity contribution in [2.24, 2.45) is 0 Å². The van der Waals surface area contributed by atoms with Gasteiger partial charge in [-0.1, -0.05) is 25.0 Å². The highest BCUT2D eigenvalue weighted by Crippen LogP contribution is 2.44. The average Bonchev–Trinajstić information content (AvgIpc) is 3.35. The number of likely N-dealkylation sites (tertiary alicyclic amines) is 2. The fourth-order valence-electron chi connectivity index (χ4n) is 5.19. The molecule has 156 valence electrons. The van der Waals surface area contributed by atoms with Crippen LogP contribution in [0.25, 0.3) is 0 Å². The van der Waals surface area contributed by atoms with Gasteiger partial charge in [-0.2, -0.15) is 0 Å². The zero-order valence-corrected chi connectivity index (χ0v) is 17.2. The van der Waals surface area contributed by atoms with Gasteiger partial charge in [0.15, 0.2) is 0 Å². The number of ether oxygens (including phenoxy) is 1.